The van der Waals surface area contributed by atoms with E-state index < -0.39 is 11.6 Å². The molecule has 2 bridgehead atoms. The van der Waals surface area contributed by atoms with Crippen LogP contribution in [0.5, 0.6) is 23.5 Å². The number of aryl methyl sites for hydroxylation is 1. The van der Waals surface area contributed by atoms with Gasteiger partial charge in [0.05, 0.1) is 12.1 Å². The van der Waals surface area contributed by atoms with Crippen LogP contribution in [-0.4, -0.2) is 52.6 Å². The number of ether oxygens (including phenoxy) is 2. The molecule has 0 spiro atoms. The molecule has 2 fully saturated rings. The van der Waals surface area contributed by atoms with E-state index in [1.54, 1.807) is 15.7 Å². The number of piperidine rings is 1. The molecule has 1 unspecified atom stereocenters. The molecule has 4 heterocycles. The summed E-state index contributed by atoms with van der Waals surface area (Å²) in [5, 5.41) is 9.63. The monoisotopic (exact) mass is 803 g/mol. The van der Waals surface area contributed by atoms with Gasteiger partial charge in [-0.05, 0) is 105 Å². The maximum atomic E-state index is 14.2. The molecule has 0 radical (unpaired) electrons. The average Bonchev–Trinajstić information content (AvgIpc) is 3.72. The summed E-state index contributed by atoms with van der Waals surface area (Å²) in [6.07, 6.45) is 4.85. The van der Waals surface area contributed by atoms with Gasteiger partial charge in [-0.15, -0.1) is 5.10 Å². The summed E-state index contributed by atoms with van der Waals surface area (Å²) in [6.45, 7) is 11.8. The third kappa shape index (κ3) is 8.78. The van der Waals surface area contributed by atoms with Gasteiger partial charge in [0.1, 0.15) is 12.1 Å². The number of nitrogens with zero attached hydrogens (tertiary/aromatic N) is 9. The molecule has 1 aliphatic heterocycles. The number of halogens is 5. The number of fused-ring (bicyclic) bond motifs is 2. The summed E-state index contributed by atoms with van der Waals surface area (Å²) in [5.74, 6) is 2.50. The number of rotatable bonds is 9. The Morgan fingerprint density at radius 3 is 1.90 bits per heavy atom. The van der Waals surface area contributed by atoms with Gasteiger partial charge in [-0.1, -0.05) is 23.2 Å². The van der Waals surface area contributed by atoms with E-state index in [0.717, 1.165) is 36.8 Å². The first kappa shape index (κ1) is 36.9. The molecule has 2 aromatic carbocycles. The zero-order valence-electron chi connectivity index (χ0n) is 28.8. The topological polar surface area (TPSA) is 109 Å². The van der Waals surface area contributed by atoms with Crippen molar-refractivity contribution in [2.45, 2.75) is 66.0 Å². The van der Waals surface area contributed by atoms with E-state index in [-0.39, 0.29) is 29.6 Å². The second-order valence-corrected chi connectivity index (χ2v) is 14.9. The van der Waals surface area contributed by atoms with Crippen molar-refractivity contribution < 1.29 is 18.3 Å². The Labute approximate surface area is 313 Å². The minimum atomic E-state index is -0.506. The zero-order valence-corrected chi connectivity index (χ0v) is 31.9. The van der Waals surface area contributed by atoms with Crippen LogP contribution in [0.25, 0.3) is 0 Å². The lowest BCUT2D eigenvalue weighted by Gasteiger charge is -2.38. The molecule has 3 atom stereocenters. The molecule has 0 N–H and O–H groups in total. The third-order valence-electron chi connectivity index (χ3n) is 8.95. The molecule has 5 aromatic rings. The minimum Gasteiger partial charge on any atom is -0.421 e. The van der Waals surface area contributed by atoms with E-state index in [1.165, 1.54) is 49.2 Å². The lowest BCUT2D eigenvalue weighted by Crippen LogP contribution is -2.43. The van der Waals surface area contributed by atoms with Gasteiger partial charge < -0.3 is 14.4 Å². The first-order valence-corrected chi connectivity index (χ1v) is 18.3. The SMILES string of the molecule is CC(C)n1nc(Br)nc1Oc1cc(Cl)ccc1F.Cc1cc(N2C[C@H]3CC[C@@H](C2)C3Cc2nc(Oc3cc(Cl)ccc3F)n(C(C)C)n2)ncn1. The van der Waals surface area contributed by atoms with Crippen LogP contribution in [0, 0.1) is 36.3 Å². The van der Waals surface area contributed by atoms with Crippen LogP contribution in [0.15, 0.2) is 53.5 Å². The van der Waals surface area contributed by atoms with Crippen LogP contribution in [0.3, 0.4) is 0 Å². The van der Waals surface area contributed by atoms with Crippen LogP contribution in [0.4, 0.5) is 14.6 Å². The van der Waals surface area contributed by atoms with Crippen molar-refractivity contribution in [3.63, 3.8) is 0 Å². The molecular weight excluding hydrogens is 767 g/mol. The zero-order chi connectivity index (χ0) is 36.4. The van der Waals surface area contributed by atoms with Gasteiger partial charge in [0.25, 0.3) is 0 Å². The molecule has 1 saturated carbocycles. The van der Waals surface area contributed by atoms with Crippen molar-refractivity contribution in [2.24, 2.45) is 17.8 Å². The highest BCUT2D eigenvalue weighted by Crippen LogP contribution is 2.44. The van der Waals surface area contributed by atoms with E-state index >= 15 is 0 Å². The van der Waals surface area contributed by atoms with Crippen molar-refractivity contribution in [3.05, 3.63) is 86.7 Å². The predicted octanol–water partition coefficient (Wildman–Crippen LogP) is 9.45. The molecule has 0 amide bonds. The smallest absolute Gasteiger partial charge is 0.321 e. The van der Waals surface area contributed by atoms with Crippen molar-refractivity contribution >= 4 is 44.9 Å². The summed E-state index contributed by atoms with van der Waals surface area (Å²) in [5.41, 5.74) is 0.988. The second kappa shape index (κ2) is 15.8. The quantitative estimate of drug-likeness (QED) is 0.144. The van der Waals surface area contributed by atoms with Gasteiger partial charge >= 0.3 is 12.0 Å². The van der Waals surface area contributed by atoms with Crippen molar-refractivity contribution in [1.29, 1.82) is 0 Å². The molecule has 2 aliphatic rings. The molecule has 1 aliphatic carbocycles. The van der Waals surface area contributed by atoms with Crippen LogP contribution in [0.1, 0.15) is 64.1 Å². The highest BCUT2D eigenvalue weighted by atomic mass is 79.9. The maximum Gasteiger partial charge on any atom is 0.321 e. The number of aromatic nitrogens is 8. The van der Waals surface area contributed by atoms with Gasteiger partial charge in [0, 0.05) is 53.4 Å². The maximum absolute atomic E-state index is 14.2. The van der Waals surface area contributed by atoms with Gasteiger partial charge in [-0.2, -0.15) is 15.1 Å². The number of hydrogen-bond acceptors (Lipinski definition) is 9. The Morgan fingerprint density at radius 1 is 0.804 bits per heavy atom. The standard InChI is InChI=1S/C24H28ClFN6O.C11H10BrClFN3O/c1-14(2)32-24(33-21-9-18(25)6-7-20(21)26)29-22(30-32)10-19-16-4-5-17(19)12-31(11-16)23-8-15(3)27-13-28-23;1-6(2)17-11(15-10(12)16-17)18-9-5-7(13)3-4-8(9)14/h6-9,13-14,16-17,19H,4-5,10-12H2,1-3H3;3-6H,1-2H3/t16-,17+,19?;. The normalized spacial score (nSPS) is 18.3. The van der Waals surface area contributed by atoms with Crippen LogP contribution < -0.4 is 14.4 Å². The Balaban J connectivity index is 0.000000211. The third-order valence-corrected chi connectivity index (χ3v) is 9.75. The second-order valence-electron chi connectivity index (χ2n) is 13.3. The van der Waals surface area contributed by atoms with Crippen LogP contribution >= 0.6 is 39.1 Å². The molecule has 3 aromatic heterocycles. The molecule has 11 nitrogen and oxygen atoms in total. The average molecular weight is 806 g/mol. The Morgan fingerprint density at radius 2 is 1.35 bits per heavy atom. The van der Waals surface area contributed by atoms with Crippen LogP contribution in [0.2, 0.25) is 10.0 Å². The summed E-state index contributed by atoms with van der Waals surface area (Å²) >= 11 is 15.0. The Kier molecular flexibility index (Phi) is 11.4. The molecule has 16 heteroatoms. The number of anilines is 1. The highest BCUT2D eigenvalue weighted by Gasteiger charge is 2.43. The molecule has 1 saturated heterocycles. The van der Waals surface area contributed by atoms with Gasteiger partial charge in [0.15, 0.2) is 29.0 Å². The fourth-order valence-electron chi connectivity index (χ4n) is 6.52. The van der Waals surface area contributed by atoms with E-state index in [9.17, 15) is 8.78 Å². The Bertz CT molecular complexity index is 1980. The Hall–Kier alpha value is -3.88. The fourth-order valence-corrected chi connectivity index (χ4v) is 7.17. The van der Waals surface area contributed by atoms with E-state index in [4.69, 9.17) is 37.8 Å². The lowest BCUT2D eigenvalue weighted by molar-refractivity contribution is 0.264. The van der Waals surface area contributed by atoms with E-state index in [2.05, 4.69) is 51.9 Å². The molecule has 51 heavy (non-hydrogen) atoms. The van der Waals surface area contributed by atoms with Gasteiger partial charge in [0.2, 0.25) is 4.73 Å². The molecular formula is C35H38BrCl2F2N9O2. The number of hydrogen-bond donors (Lipinski definition) is 0. The van der Waals surface area contributed by atoms with Crippen molar-refractivity contribution in [2.75, 3.05) is 18.0 Å². The van der Waals surface area contributed by atoms with Crippen molar-refractivity contribution in [1.82, 2.24) is 39.5 Å². The first-order chi connectivity index (χ1) is 24.3. The van der Waals surface area contributed by atoms with Gasteiger partial charge in [-0.25, -0.2) is 28.1 Å². The molecule has 7 rings (SSSR count). The van der Waals surface area contributed by atoms with Crippen molar-refractivity contribution in [3.8, 4) is 23.5 Å². The first-order valence-electron chi connectivity index (χ1n) is 16.7. The summed E-state index contributed by atoms with van der Waals surface area (Å²) in [6, 6.07) is 11.0. The molecule has 270 valence electrons. The van der Waals surface area contributed by atoms with Gasteiger partial charge in [-0.3, -0.25) is 0 Å². The van der Waals surface area contributed by atoms with Crippen LogP contribution in [-0.2, 0) is 6.42 Å². The van der Waals surface area contributed by atoms with E-state index in [1.807, 2.05) is 34.6 Å². The van der Waals surface area contributed by atoms with E-state index in [0.29, 0.717) is 38.5 Å². The number of benzene rings is 2. The highest BCUT2D eigenvalue weighted by molar-refractivity contribution is 9.10. The predicted molar refractivity (Wildman–Crippen MR) is 194 cm³/mol. The largest absolute Gasteiger partial charge is 0.421 e. The fraction of sp³-hybridized carbons (Fsp3) is 0.429. The summed E-state index contributed by atoms with van der Waals surface area (Å²) in [4.78, 5) is 19.8. The summed E-state index contributed by atoms with van der Waals surface area (Å²) in [7, 11) is 0. The summed E-state index contributed by atoms with van der Waals surface area (Å²) < 4.78 is 42.6. The minimum absolute atomic E-state index is 0.0179. The lowest BCUT2D eigenvalue weighted by atomic mass is 9.82.